The van der Waals surface area contributed by atoms with Crippen molar-refractivity contribution in [2.45, 2.75) is 48.0 Å². The van der Waals surface area contributed by atoms with Crippen molar-refractivity contribution in [1.29, 1.82) is 0 Å². The predicted octanol–water partition coefficient (Wildman–Crippen LogP) is 6.08. The molecule has 1 heterocycles. The van der Waals surface area contributed by atoms with E-state index in [0.717, 1.165) is 37.2 Å². The minimum atomic E-state index is -0.595. The maximum absolute atomic E-state index is 13.7. The predicted molar refractivity (Wildman–Crippen MR) is 170 cm³/mol. The molecule has 0 aliphatic carbocycles. The number of ether oxygens (including phenoxy) is 3. The molecule has 0 aliphatic heterocycles. The zero-order valence-electron chi connectivity index (χ0n) is 26.1. The Morgan fingerprint density at radius 2 is 1.56 bits per heavy atom. The fourth-order valence-electron chi connectivity index (χ4n) is 4.23. The van der Waals surface area contributed by atoms with E-state index < -0.39 is 5.43 Å². The van der Waals surface area contributed by atoms with Crippen LogP contribution in [0.3, 0.4) is 0 Å². The summed E-state index contributed by atoms with van der Waals surface area (Å²) in [5.41, 5.74) is 2.31. The zero-order chi connectivity index (χ0) is 31.4. The fourth-order valence-corrected chi connectivity index (χ4v) is 4.23. The van der Waals surface area contributed by atoms with Crippen LogP contribution in [0.1, 0.15) is 48.0 Å². The van der Waals surface area contributed by atoms with Crippen LogP contribution in [0, 0.1) is 0 Å². The SMILES string of the molecule is CCN(CC)CCCNC(=O)COc1c(-c2ccc(OCC=C(C)C)cc2)oc2cc(OCC=C(C)C)cc(O)c2c1=O. The summed E-state index contributed by atoms with van der Waals surface area (Å²) >= 11 is 0. The molecule has 0 atom stereocenters. The van der Waals surface area contributed by atoms with Gasteiger partial charge in [0.2, 0.25) is 11.2 Å². The van der Waals surface area contributed by atoms with Gasteiger partial charge in [0.1, 0.15) is 41.4 Å². The van der Waals surface area contributed by atoms with Crippen LogP contribution in [0.4, 0.5) is 0 Å². The first-order valence-electron chi connectivity index (χ1n) is 14.7. The number of hydrogen-bond donors (Lipinski definition) is 2. The van der Waals surface area contributed by atoms with Gasteiger partial charge in [-0.1, -0.05) is 25.0 Å². The van der Waals surface area contributed by atoms with Crippen molar-refractivity contribution in [2.75, 3.05) is 46.0 Å². The molecular formula is C34H44N2O7. The third kappa shape index (κ3) is 9.92. The Morgan fingerprint density at radius 1 is 0.930 bits per heavy atom. The molecule has 0 saturated carbocycles. The van der Waals surface area contributed by atoms with E-state index in [9.17, 15) is 14.7 Å². The number of carbonyl (C=O) groups is 1. The van der Waals surface area contributed by atoms with Crippen LogP contribution in [0.15, 0.2) is 68.9 Å². The lowest BCUT2D eigenvalue weighted by Crippen LogP contribution is -2.33. The number of rotatable bonds is 16. The van der Waals surface area contributed by atoms with Crippen molar-refractivity contribution >= 4 is 16.9 Å². The highest BCUT2D eigenvalue weighted by Gasteiger charge is 2.22. The van der Waals surface area contributed by atoms with Gasteiger partial charge < -0.3 is 34.0 Å². The van der Waals surface area contributed by atoms with Gasteiger partial charge in [0.05, 0.1) is 0 Å². The van der Waals surface area contributed by atoms with Crippen LogP contribution in [-0.2, 0) is 4.79 Å². The number of nitrogens with one attached hydrogen (secondary N) is 1. The van der Waals surface area contributed by atoms with E-state index in [1.165, 1.54) is 6.07 Å². The Balaban J connectivity index is 1.91. The van der Waals surface area contributed by atoms with Crippen LogP contribution in [0.25, 0.3) is 22.3 Å². The number of phenolic OH excluding ortho intramolecular Hbond substituents is 1. The highest BCUT2D eigenvalue weighted by Crippen LogP contribution is 2.36. The van der Waals surface area contributed by atoms with Gasteiger partial charge in [-0.05, 0) is 90.2 Å². The number of benzene rings is 2. The van der Waals surface area contributed by atoms with Gasteiger partial charge in [0.25, 0.3) is 5.91 Å². The summed E-state index contributed by atoms with van der Waals surface area (Å²) in [6, 6.07) is 9.95. The average molecular weight is 593 g/mol. The molecule has 0 spiro atoms. The lowest BCUT2D eigenvalue weighted by atomic mass is 10.1. The topological polar surface area (TPSA) is 110 Å². The van der Waals surface area contributed by atoms with Crippen molar-refractivity contribution < 1.29 is 28.5 Å². The van der Waals surface area contributed by atoms with Gasteiger partial charge >= 0.3 is 0 Å². The Kier molecular flexibility index (Phi) is 12.7. The van der Waals surface area contributed by atoms with E-state index in [-0.39, 0.29) is 40.7 Å². The number of nitrogens with zero attached hydrogens (tertiary/aromatic N) is 1. The summed E-state index contributed by atoms with van der Waals surface area (Å²) in [6.07, 6.45) is 4.67. The van der Waals surface area contributed by atoms with Crippen LogP contribution in [0.2, 0.25) is 0 Å². The molecule has 0 unspecified atom stereocenters. The van der Waals surface area contributed by atoms with Gasteiger partial charge in [0, 0.05) is 24.2 Å². The molecule has 1 aromatic heterocycles. The van der Waals surface area contributed by atoms with Gasteiger partial charge in [0.15, 0.2) is 12.4 Å². The molecular weight excluding hydrogens is 548 g/mol. The maximum atomic E-state index is 13.7. The van der Waals surface area contributed by atoms with E-state index in [2.05, 4.69) is 24.1 Å². The van der Waals surface area contributed by atoms with E-state index in [0.29, 0.717) is 36.8 Å². The molecule has 232 valence electrons. The molecule has 3 rings (SSSR count). The molecule has 0 bridgehead atoms. The first-order valence-corrected chi connectivity index (χ1v) is 14.7. The van der Waals surface area contributed by atoms with Gasteiger partial charge in [-0.3, -0.25) is 9.59 Å². The van der Waals surface area contributed by atoms with Gasteiger partial charge in [-0.2, -0.15) is 0 Å². The molecule has 3 aromatic rings. The second-order valence-corrected chi connectivity index (χ2v) is 10.6. The maximum Gasteiger partial charge on any atom is 0.257 e. The molecule has 43 heavy (non-hydrogen) atoms. The third-order valence-corrected chi connectivity index (χ3v) is 6.72. The zero-order valence-corrected chi connectivity index (χ0v) is 26.1. The quantitative estimate of drug-likeness (QED) is 0.152. The molecule has 0 fully saturated rings. The second-order valence-electron chi connectivity index (χ2n) is 10.6. The highest BCUT2D eigenvalue weighted by molar-refractivity contribution is 5.88. The van der Waals surface area contributed by atoms with Crippen molar-refractivity contribution in [3.8, 4) is 34.3 Å². The minimum Gasteiger partial charge on any atom is -0.507 e. The number of amides is 1. The molecule has 1 amide bonds. The Hall–Kier alpha value is -4.24. The number of allylic oxidation sites excluding steroid dienone is 2. The monoisotopic (exact) mass is 592 g/mol. The summed E-state index contributed by atoms with van der Waals surface area (Å²) in [7, 11) is 0. The summed E-state index contributed by atoms with van der Waals surface area (Å²) in [5.74, 6) is 0.279. The normalized spacial score (nSPS) is 10.9. The van der Waals surface area contributed by atoms with Crippen molar-refractivity contribution in [1.82, 2.24) is 10.2 Å². The molecule has 2 aromatic carbocycles. The largest absolute Gasteiger partial charge is 0.507 e. The Bertz CT molecular complexity index is 1480. The van der Waals surface area contributed by atoms with E-state index >= 15 is 0 Å². The van der Waals surface area contributed by atoms with Crippen molar-refractivity contribution in [3.05, 3.63) is 69.9 Å². The number of phenols is 1. The molecule has 0 aliphatic rings. The van der Waals surface area contributed by atoms with Crippen LogP contribution >= 0.6 is 0 Å². The Labute approximate surface area is 253 Å². The molecule has 9 heteroatoms. The number of hydrogen-bond acceptors (Lipinski definition) is 8. The van der Waals surface area contributed by atoms with E-state index in [1.807, 2.05) is 39.8 Å². The van der Waals surface area contributed by atoms with Crippen LogP contribution < -0.4 is 25.0 Å². The van der Waals surface area contributed by atoms with Crippen molar-refractivity contribution in [3.63, 3.8) is 0 Å². The van der Waals surface area contributed by atoms with Crippen molar-refractivity contribution in [2.24, 2.45) is 0 Å². The fraction of sp³-hybridized carbons (Fsp3) is 0.412. The number of fused-ring (bicyclic) bond motifs is 1. The van der Waals surface area contributed by atoms with Gasteiger partial charge in [-0.15, -0.1) is 0 Å². The standard InChI is InChI=1S/C34H44N2O7/c1-7-36(8-2)17-9-16-35-30(38)22-42-34-32(39)31-28(37)20-27(41-19-15-24(5)6)21-29(31)43-33(34)25-10-12-26(13-11-25)40-18-14-23(3)4/h10-15,20-21,37H,7-9,16-19,22H2,1-6H3,(H,35,38). The third-order valence-electron chi connectivity index (χ3n) is 6.72. The lowest BCUT2D eigenvalue weighted by molar-refractivity contribution is -0.123. The van der Waals surface area contributed by atoms with Gasteiger partial charge in [-0.25, -0.2) is 0 Å². The molecule has 0 saturated heterocycles. The summed E-state index contributed by atoms with van der Waals surface area (Å²) < 4.78 is 23.5. The molecule has 9 nitrogen and oxygen atoms in total. The first-order chi connectivity index (χ1) is 20.6. The summed E-state index contributed by atoms with van der Waals surface area (Å²) in [6.45, 7) is 15.7. The molecule has 2 N–H and O–H groups in total. The minimum absolute atomic E-state index is 0.0605. The smallest absolute Gasteiger partial charge is 0.257 e. The summed E-state index contributed by atoms with van der Waals surface area (Å²) in [5, 5.41) is 13.6. The van der Waals surface area contributed by atoms with E-state index in [4.69, 9.17) is 18.6 Å². The Morgan fingerprint density at radius 3 is 2.16 bits per heavy atom. The summed E-state index contributed by atoms with van der Waals surface area (Å²) in [4.78, 5) is 28.6. The second kappa shape index (κ2) is 16.4. The average Bonchev–Trinajstić information content (AvgIpc) is 2.96. The van der Waals surface area contributed by atoms with E-state index in [1.54, 1.807) is 30.3 Å². The van der Waals surface area contributed by atoms with Crippen LogP contribution in [-0.4, -0.2) is 61.9 Å². The molecule has 0 radical (unpaired) electrons. The first kappa shape index (κ1) is 33.3. The lowest BCUT2D eigenvalue weighted by Gasteiger charge is -2.17. The number of carbonyl (C=O) groups excluding carboxylic acids is 1. The highest BCUT2D eigenvalue weighted by atomic mass is 16.5. The number of aromatic hydroxyl groups is 1. The van der Waals surface area contributed by atoms with Crippen LogP contribution in [0.5, 0.6) is 23.0 Å².